The molecule has 0 unspecified atom stereocenters. The standard InChI is InChI=1S/C22H25FN4S/c1-14(2)18-8-10-20(11-9-18)24-22(28)25-21-15(3)26-27(16(21)4)13-17-6-5-7-19(23)12-17/h5-12,14H,13H2,1-4H3,(H2,24,25,28). The summed E-state index contributed by atoms with van der Waals surface area (Å²) in [5.41, 5.74) is 5.74. The van der Waals surface area contributed by atoms with Crippen LogP contribution in [0.1, 0.15) is 42.3 Å². The lowest BCUT2D eigenvalue weighted by molar-refractivity contribution is 0.616. The average Bonchev–Trinajstić information content (AvgIpc) is 2.89. The van der Waals surface area contributed by atoms with Crippen LogP contribution < -0.4 is 10.6 Å². The van der Waals surface area contributed by atoms with E-state index < -0.39 is 0 Å². The van der Waals surface area contributed by atoms with E-state index in [-0.39, 0.29) is 5.82 Å². The van der Waals surface area contributed by atoms with Gasteiger partial charge in [0.2, 0.25) is 0 Å². The molecular formula is C22H25FN4S. The van der Waals surface area contributed by atoms with E-state index in [1.54, 1.807) is 6.07 Å². The normalized spacial score (nSPS) is 10.9. The second-order valence-corrected chi connectivity index (χ2v) is 7.60. The Morgan fingerprint density at radius 3 is 2.46 bits per heavy atom. The minimum Gasteiger partial charge on any atom is -0.332 e. The second kappa shape index (κ2) is 8.52. The number of hydrogen-bond acceptors (Lipinski definition) is 2. The fourth-order valence-electron chi connectivity index (χ4n) is 3.07. The van der Waals surface area contributed by atoms with Gasteiger partial charge in [-0.25, -0.2) is 4.39 Å². The Bertz CT molecular complexity index is 977. The lowest BCUT2D eigenvalue weighted by atomic mass is 10.0. The lowest BCUT2D eigenvalue weighted by Crippen LogP contribution is -2.20. The molecule has 6 heteroatoms. The van der Waals surface area contributed by atoms with E-state index in [4.69, 9.17) is 12.2 Å². The third-order valence-electron chi connectivity index (χ3n) is 4.68. The minimum absolute atomic E-state index is 0.244. The van der Waals surface area contributed by atoms with E-state index in [0.29, 0.717) is 17.6 Å². The molecule has 0 fully saturated rings. The van der Waals surface area contributed by atoms with Crippen molar-refractivity contribution in [1.82, 2.24) is 9.78 Å². The van der Waals surface area contributed by atoms with Crippen molar-refractivity contribution in [3.8, 4) is 0 Å². The van der Waals surface area contributed by atoms with Gasteiger partial charge < -0.3 is 10.6 Å². The maximum atomic E-state index is 13.4. The van der Waals surface area contributed by atoms with Gasteiger partial charge in [0.05, 0.1) is 23.6 Å². The van der Waals surface area contributed by atoms with Crippen LogP contribution >= 0.6 is 12.2 Å². The Morgan fingerprint density at radius 2 is 1.82 bits per heavy atom. The van der Waals surface area contributed by atoms with Gasteiger partial charge in [0.15, 0.2) is 5.11 Å². The Morgan fingerprint density at radius 1 is 1.11 bits per heavy atom. The molecule has 0 spiro atoms. The van der Waals surface area contributed by atoms with Crippen LogP contribution in [0.25, 0.3) is 0 Å². The van der Waals surface area contributed by atoms with E-state index >= 15 is 0 Å². The van der Waals surface area contributed by atoms with Crippen LogP contribution in [0.3, 0.4) is 0 Å². The zero-order valence-electron chi connectivity index (χ0n) is 16.6. The van der Waals surface area contributed by atoms with Gasteiger partial charge in [0, 0.05) is 5.69 Å². The molecule has 3 aromatic rings. The van der Waals surface area contributed by atoms with Gasteiger partial charge in [-0.05, 0) is 67.4 Å². The minimum atomic E-state index is -0.244. The number of anilines is 2. The average molecular weight is 397 g/mol. The molecule has 28 heavy (non-hydrogen) atoms. The number of nitrogens with one attached hydrogen (secondary N) is 2. The van der Waals surface area contributed by atoms with Crippen LogP contribution in [0.2, 0.25) is 0 Å². The van der Waals surface area contributed by atoms with Crippen LogP contribution in [0, 0.1) is 19.7 Å². The first-order chi connectivity index (χ1) is 13.3. The fraction of sp³-hybridized carbons (Fsp3) is 0.273. The van der Waals surface area contributed by atoms with E-state index in [2.05, 4.69) is 41.7 Å². The van der Waals surface area contributed by atoms with Crippen LogP contribution in [0.4, 0.5) is 15.8 Å². The van der Waals surface area contributed by atoms with Crippen molar-refractivity contribution in [2.24, 2.45) is 0 Å². The number of aromatic nitrogens is 2. The molecule has 0 amide bonds. The van der Waals surface area contributed by atoms with Crippen molar-refractivity contribution in [3.63, 3.8) is 0 Å². The Labute approximate surface area is 170 Å². The topological polar surface area (TPSA) is 41.9 Å². The Kier molecular flexibility index (Phi) is 6.09. The molecule has 146 valence electrons. The first kappa shape index (κ1) is 20.0. The molecule has 3 rings (SSSR count). The predicted octanol–water partition coefficient (Wildman–Crippen LogP) is 5.62. The highest BCUT2D eigenvalue weighted by Gasteiger charge is 2.13. The molecule has 2 N–H and O–H groups in total. The summed E-state index contributed by atoms with van der Waals surface area (Å²) in [5.74, 6) is 0.250. The number of thiocarbonyl (C=S) groups is 1. The molecule has 0 saturated carbocycles. The van der Waals surface area contributed by atoms with Crippen molar-refractivity contribution in [1.29, 1.82) is 0 Å². The van der Waals surface area contributed by atoms with Gasteiger partial charge in [0.1, 0.15) is 5.82 Å². The highest BCUT2D eigenvalue weighted by atomic mass is 32.1. The summed E-state index contributed by atoms with van der Waals surface area (Å²) < 4.78 is 15.3. The maximum Gasteiger partial charge on any atom is 0.175 e. The van der Waals surface area contributed by atoms with Gasteiger partial charge in [-0.3, -0.25) is 4.68 Å². The Hall–Kier alpha value is -2.73. The van der Waals surface area contributed by atoms with Gasteiger partial charge in [-0.15, -0.1) is 0 Å². The predicted molar refractivity (Wildman–Crippen MR) is 118 cm³/mol. The third-order valence-corrected chi connectivity index (χ3v) is 4.88. The first-order valence-electron chi connectivity index (χ1n) is 9.30. The molecule has 4 nitrogen and oxygen atoms in total. The lowest BCUT2D eigenvalue weighted by Gasteiger charge is -2.12. The Balaban J connectivity index is 1.70. The van der Waals surface area contributed by atoms with E-state index in [1.165, 1.54) is 17.7 Å². The number of halogens is 1. The monoisotopic (exact) mass is 396 g/mol. The summed E-state index contributed by atoms with van der Waals surface area (Å²) in [7, 11) is 0. The van der Waals surface area contributed by atoms with Crippen molar-refractivity contribution in [2.45, 2.75) is 40.2 Å². The highest BCUT2D eigenvalue weighted by Crippen LogP contribution is 2.22. The van der Waals surface area contributed by atoms with E-state index in [9.17, 15) is 4.39 Å². The number of aryl methyl sites for hydroxylation is 1. The number of rotatable bonds is 5. The zero-order chi connectivity index (χ0) is 20.3. The summed E-state index contributed by atoms with van der Waals surface area (Å²) in [4.78, 5) is 0. The quantitative estimate of drug-likeness (QED) is 0.549. The van der Waals surface area contributed by atoms with Gasteiger partial charge in [-0.2, -0.15) is 5.10 Å². The first-order valence-corrected chi connectivity index (χ1v) is 9.70. The highest BCUT2D eigenvalue weighted by molar-refractivity contribution is 7.80. The molecule has 1 aromatic heterocycles. The summed E-state index contributed by atoms with van der Waals surface area (Å²) in [5, 5.41) is 11.5. The van der Waals surface area contributed by atoms with Gasteiger partial charge in [-0.1, -0.05) is 38.1 Å². The third kappa shape index (κ3) is 4.75. The molecular weight excluding hydrogens is 371 g/mol. The molecule has 1 heterocycles. The molecule has 0 aliphatic carbocycles. The SMILES string of the molecule is Cc1nn(Cc2cccc(F)c2)c(C)c1NC(=S)Nc1ccc(C(C)C)cc1. The molecule has 0 saturated heterocycles. The van der Waals surface area contributed by atoms with E-state index in [0.717, 1.165) is 28.3 Å². The zero-order valence-corrected chi connectivity index (χ0v) is 17.4. The van der Waals surface area contributed by atoms with E-state index in [1.807, 2.05) is 36.7 Å². The molecule has 0 bridgehead atoms. The van der Waals surface area contributed by atoms with Gasteiger partial charge in [0.25, 0.3) is 0 Å². The van der Waals surface area contributed by atoms with Crippen LogP contribution in [0.15, 0.2) is 48.5 Å². The summed E-state index contributed by atoms with van der Waals surface area (Å²) in [6.45, 7) is 8.74. The smallest absolute Gasteiger partial charge is 0.175 e. The van der Waals surface area contributed by atoms with Crippen molar-refractivity contribution < 1.29 is 4.39 Å². The van der Waals surface area contributed by atoms with Crippen LogP contribution in [-0.2, 0) is 6.54 Å². The molecule has 0 atom stereocenters. The summed E-state index contributed by atoms with van der Waals surface area (Å²) >= 11 is 5.47. The maximum absolute atomic E-state index is 13.4. The molecule has 0 radical (unpaired) electrons. The number of hydrogen-bond donors (Lipinski definition) is 2. The summed E-state index contributed by atoms with van der Waals surface area (Å²) in [6.07, 6.45) is 0. The molecule has 2 aromatic carbocycles. The molecule has 0 aliphatic heterocycles. The van der Waals surface area contributed by atoms with Crippen molar-refractivity contribution in [3.05, 3.63) is 76.9 Å². The number of nitrogens with zero attached hydrogens (tertiary/aromatic N) is 2. The van der Waals surface area contributed by atoms with Crippen molar-refractivity contribution >= 4 is 28.7 Å². The van der Waals surface area contributed by atoms with Crippen molar-refractivity contribution in [2.75, 3.05) is 10.6 Å². The fourth-order valence-corrected chi connectivity index (χ4v) is 3.29. The number of benzene rings is 2. The largest absolute Gasteiger partial charge is 0.332 e. The van der Waals surface area contributed by atoms with Crippen LogP contribution in [0.5, 0.6) is 0 Å². The van der Waals surface area contributed by atoms with Crippen LogP contribution in [-0.4, -0.2) is 14.9 Å². The molecule has 0 aliphatic rings. The second-order valence-electron chi connectivity index (χ2n) is 7.19. The van der Waals surface area contributed by atoms with Gasteiger partial charge >= 0.3 is 0 Å². The summed E-state index contributed by atoms with van der Waals surface area (Å²) in [6, 6.07) is 14.8.